The standard InChI is InChI=1S/C19H40O3Si2/c1-16(13-12-14-21-23(8,9)18(2,3)4)17(15-20)22-24(10,11)19(5,6)7/h12-13,15-17H,14H2,1-11H3/b13-12-/t16-,17-/m0/s1. The minimum Gasteiger partial charge on any atom is -0.413 e. The summed E-state index contributed by atoms with van der Waals surface area (Å²) >= 11 is 0. The molecule has 0 unspecified atom stereocenters. The number of rotatable bonds is 8. The van der Waals surface area contributed by atoms with Gasteiger partial charge in [0.25, 0.3) is 0 Å². The quantitative estimate of drug-likeness (QED) is 0.307. The SMILES string of the molecule is C[C@@H](/C=C\CO[Si](C)(C)C(C)(C)C)[C@H](C=O)O[Si](C)(C)C(C)(C)C. The molecule has 142 valence electrons. The van der Waals surface area contributed by atoms with Gasteiger partial charge in [0.15, 0.2) is 16.6 Å². The van der Waals surface area contributed by atoms with Gasteiger partial charge in [-0.2, -0.15) is 0 Å². The third kappa shape index (κ3) is 6.94. The summed E-state index contributed by atoms with van der Waals surface area (Å²) in [6, 6.07) is 0. The van der Waals surface area contributed by atoms with Gasteiger partial charge in [0.2, 0.25) is 0 Å². The van der Waals surface area contributed by atoms with E-state index in [0.29, 0.717) is 6.61 Å². The Balaban J connectivity index is 4.73. The van der Waals surface area contributed by atoms with Crippen LogP contribution >= 0.6 is 0 Å². The lowest BCUT2D eigenvalue weighted by atomic mass is 10.1. The molecule has 0 spiro atoms. The second kappa shape index (κ2) is 8.43. The Labute approximate surface area is 152 Å². The highest BCUT2D eigenvalue weighted by Gasteiger charge is 2.40. The van der Waals surface area contributed by atoms with Gasteiger partial charge in [0.05, 0.1) is 6.61 Å². The van der Waals surface area contributed by atoms with Gasteiger partial charge in [-0.1, -0.05) is 60.6 Å². The Bertz CT molecular complexity index is 429. The van der Waals surface area contributed by atoms with E-state index in [1.807, 2.05) is 13.0 Å². The number of aldehydes is 1. The van der Waals surface area contributed by atoms with Gasteiger partial charge >= 0.3 is 0 Å². The Morgan fingerprint density at radius 1 is 0.917 bits per heavy atom. The summed E-state index contributed by atoms with van der Waals surface area (Å²) in [4.78, 5) is 11.5. The Morgan fingerprint density at radius 2 is 1.38 bits per heavy atom. The number of hydrogen-bond acceptors (Lipinski definition) is 3. The number of carbonyl (C=O) groups is 1. The molecule has 0 saturated carbocycles. The highest BCUT2D eigenvalue weighted by Crippen LogP contribution is 2.38. The molecule has 3 nitrogen and oxygen atoms in total. The molecule has 0 aromatic rings. The summed E-state index contributed by atoms with van der Waals surface area (Å²) in [5.41, 5.74) is 0. The van der Waals surface area contributed by atoms with Crippen LogP contribution in [0.2, 0.25) is 36.3 Å². The van der Waals surface area contributed by atoms with Crippen molar-refractivity contribution >= 4 is 22.9 Å². The zero-order chi connectivity index (χ0) is 19.4. The van der Waals surface area contributed by atoms with Gasteiger partial charge in [0, 0.05) is 5.92 Å². The van der Waals surface area contributed by atoms with Crippen molar-refractivity contribution < 1.29 is 13.6 Å². The van der Waals surface area contributed by atoms with Crippen LogP contribution in [0.5, 0.6) is 0 Å². The molecule has 24 heavy (non-hydrogen) atoms. The van der Waals surface area contributed by atoms with Gasteiger partial charge in [-0.05, 0) is 36.3 Å². The van der Waals surface area contributed by atoms with Gasteiger partial charge in [0.1, 0.15) is 12.4 Å². The molecule has 0 amide bonds. The third-order valence-electron chi connectivity index (χ3n) is 5.68. The van der Waals surface area contributed by atoms with Gasteiger partial charge in [-0.25, -0.2) is 0 Å². The van der Waals surface area contributed by atoms with Gasteiger partial charge in [-0.15, -0.1) is 0 Å². The van der Waals surface area contributed by atoms with Gasteiger partial charge in [-0.3, -0.25) is 0 Å². The molecule has 0 heterocycles. The first-order chi connectivity index (χ1) is 10.5. The number of hydrogen-bond donors (Lipinski definition) is 0. The average Bonchev–Trinajstić information content (AvgIpc) is 2.38. The normalized spacial score (nSPS) is 17.1. The summed E-state index contributed by atoms with van der Waals surface area (Å²) < 4.78 is 12.4. The van der Waals surface area contributed by atoms with E-state index >= 15 is 0 Å². The van der Waals surface area contributed by atoms with Gasteiger partial charge < -0.3 is 13.6 Å². The van der Waals surface area contributed by atoms with E-state index in [-0.39, 0.29) is 22.1 Å². The molecule has 0 aliphatic heterocycles. The predicted octanol–water partition coefficient (Wildman–Crippen LogP) is 5.79. The van der Waals surface area contributed by atoms with Crippen molar-refractivity contribution in [3.63, 3.8) is 0 Å². The zero-order valence-electron chi connectivity index (χ0n) is 17.8. The summed E-state index contributed by atoms with van der Waals surface area (Å²) in [6.07, 6.45) is 4.66. The van der Waals surface area contributed by atoms with E-state index in [1.165, 1.54) is 0 Å². The first-order valence-electron chi connectivity index (χ1n) is 8.99. The topological polar surface area (TPSA) is 35.5 Å². The average molecular weight is 373 g/mol. The highest BCUT2D eigenvalue weighted by atomic mass is 28.4. The highest BCUT2D eigenvalue weighted by molar-refractivity contribution is 6.74. The van der Waals surface area contributed by atoms with E-state index in [1.54, 1.807) is 0 Å². The smallest absolute Gasteiger partial charge is 0.193 e. The van der Waals surface area contributed by atoms with Crippen LogP contribution in [0, 0.1) is 5.92 Å². The molecule has 0 rings (SSSR count). The monoisotopic (exact) mass is 372 g/mol. The Morgan fingerprint density at radius 3 is 1.75 bits per heavy atom. The molecule has 0 aromatic heterocycles. The molecule has 0 N–H and O–H groups in total. The maximum absolute atomic E-state index is 11.5. The Kier molecular flexibility index (Phi) is 8.35. The second-order valence-electron chi connectivity index (χ2n) is 9.84. The van der Waals surface area contributed by atoms with Crippen LogP contribution in [0.15, 0.2) is 12.2 Å². The first-order valence-corrected chi connectivity index (χ1v) is 14.8. The molecule has 0 bridgehead atoms. The van der Waals surface area contributed by atoms with Crippen molar-refractivity contribution in [1.29, 1.82) is 0 Å². The molecule has 0 fully saturated rings. The molecule has 0 aliphatic rings. The van der Waals surface area contributed by atoms with Crippen LogP contribution < -0.4 is 0 Å². The van der Waals surface area contributed by atoms with Crippen molar-refractivity contribution in [3.8, 4) is 0 Å². The molecule has 2 atom stereocenters. The largest absolute Gasteiger partial charge is 0.413 e. The lowest BCUT2D eigenvalue weighted by Crippen LogP contribution is -2.45. The third-order valence-corrected chi connectivity index (χ3v) is 14.6. The van der Waals surface area contributed by atoms with Crippen LogP contribution in [0.3, 0.4) is 0 Å². The van der Waals surface area contributed by atoms with Crippen molar-refractivity contribution in [2.45, 2.75) is 90.8 Å². The molecule has 0 aromatic carbocycles. The first kappa shape index (κ1) is 23.8. The maximum Gasteiger partial charge on any atom is 0.193 e. The van der Waals surface area contributed by atoms with Crippen LogP contribution in [-0.2, 0) is 13.6 Å². The molecule has 5 heteroatoms. The predicted molar refractivity (Wildman–Crippen MR) is 110 cm³/mol. The fraction of sp³-hybridized carbons (Fsp3) is 0.842. The number of carbonyl (C=O) groups excluding carboxylic acids is 1. The van der Waals surface area contributed by atoms with E-state index < -0.39 is 16.6 Å². The lowest BCUT2D eigenvalue weighted by molar-refractivity contribution is -0.115. The van der Waals surface area contributed by atoms with E-state index in [2.05, 4.69) is 73.8 Å². The molecule has 0 saturated heterocycles. The maximum atomic E-state index is 11.5. The van der Waals surface area contributed by atoms with Crippen LogP contribution in [-0.4, -0.2) is 35.6 Å². The summed E-state index contributed by atoms with van der Waals surface area (Å²) in [6.45, 7) is 24.8. The van der Waals surface area contributed by atoms with Crippen LogP contribution in [0.25, 0.3) is 0 Å². The second-order valence-corrected chi connectivity index (χ2v) is 19.4. The van der Waals surface area contributed by atoms with E-state index in [0.717, 1.165) is 6.29 Å². The molecule has 0 aliphatic carbocycles. The van der Waals surface area contributed by atoms with Crippen molar-refractivity contribution in [2.24, 2.45) is 5.92 Å². The fourth-order valence-corrected chi connectivity index (χ4v) is 3.88. The summed E-state index contributed by atoms with van der Waals surface area (Å²) in [7, 11) is -3.66. The van der Waals surface area contributed by atoms with E-state index in [4.69, 9.17) is 8.85 Å². The summed E-state index contributed by atoms with van der Waals surface area (Å²) in [5, 5.41) is 0.312. The van der Waals surface area contributed by atoms with Crippen LogP contribution in [0.4, 0.5) is 0 Å². The minimum atomic E-state index is -1.94. The minimum absolute atomic E-state index is 0.0552. The van der Waals surface area contributed by atoms with Crippen LogP contribution in [0.1, 0.15) is 48.5 Å². The Hall–Kier alpha value is -0.236. The lowest BCUT2D eigenvalue weighted by Gasteiger charge is -2.39. The zero-order valence-corrected chi connectivity index (χ0v) is 19.8. The molecular formula is C19H40O3Si2. The molecule has 0 radical (unpaired) electrons. The van der Waals surface area contributed by atoms with Crippen molar-refractivity contribution in [1.82, 2.24) is 0 Å². The van der Waals surface area contributed by atoms with E-state index in [9.17, 15) is 4.79 Å². The fourth-order valence-electron chi connectivity index (χ4n) is 1.63. The van der Waals surface area contributed by atoms with Crippen molar-refractivity contribution in [2.75, 3.05) is 6.61 Å². The summed E-state index contributed by atoms with van der Waals surface area (Å²) in [5.74, 6) is 0.0552. The molecular weight excluding hydrogens is 332 g/mol. The van der Waals surface area contributed by atoms with Crippen molar-refractivity contribution in [3.05, 3.63) is 12.2 Å².